The summed E-state index contributed by atoms with van der Waals surface area (Å²) in [7, 11) is 0. The summed E-state index contributed by atoms with van der Waals surface area (Å²) >= 11 is 0. The number of piperidine rings is 1. The highest BCUT2D eigenvalue weighted by Crippen LogP contribution is 2.34. The molecule has 3 N–H and O–H groups in total. The SMILES string of the molecule is NC1CCN(CC(O)c2ccc3c(c2)OCO3)CC1. The number of fused-ring (bicyclic) bond motifs is 1. The van der Waals surface area contributed by atoms with Gasteiger partial charge in [0.2, 0.25) is 6.79 Å². The van der Waals surface area contributed by atoms with Crippen LogP contribution in [0.1, 0.15) is 24.5 Å². The number of rotatable bonds is 3. The molecule has 2 aliphatic heterocycles. The maximum Gasteiger partial charge on any atom is 0.231 e. The fourth-order valence-electron chi connectivity index (χ4n) is 2.61. The van der Waals surface area contributed by atoms with E-state index in [0.29, 0.717) is 12.6 Å². The van der Waals surface area contributed by atoms with Crippen LogP contribution in [0.15, 0.2) is 18.2 Å². The highest BCUT2D eigenvalue weighted by atomic mass is 16.7. The fraction of sp³-hybridized carbons (Fsp3) is 0.571. The second kappa shape index (κ2) is 5.36. The minimum Gasteiger partial charge on any atom is -0.454 e. The van der Waals surface area contributed by atoms with E-state index in [-0.39, 0.29) is 6.79 Å². The summed E-state index contributed by atoms with van der Waals surface area (Å²) in [5.74, 6) is 1.47. The number of aliphatic hydroxyl groups is 1. The number of nitrogens with zero attached hydrogens (tertiary/aromatic N) is 1. The van der Waals surface area contributed by atoms with E-state index in [2.05, 4.69) is 4.90 Å². The van der Waals surface area contributed by atoms with Crippen molar-refractivity contribution in [3.05, 3.63) is 23.8 Å². The van der Waals surface area contributed by atoms with Crippen molar-refractivity contribution in [1.29, 1.82) is 0 Å². The number of benzene rings is 1. The lowest BCUT2D eigenvalue weighted by Crippen LogP contribution is -2.41. The van der Waals surface area contributed by atoms with Crippen LogP contribution in [0, 0.1) is 0 Å². The van der Waals surface area contributed by atoms with E-state index >= 15 is 0 Å². The van der Waals surface area contributed by atoms with Crippen molar-refractivity contribution in [3.8, 4) is 11.5 Å². The lowest BCUT2D eigenvalue weighted by molar-refractivity contribution is 0.0975. The van der Waals surface area contributed by atoms with Gasteiger partial charge in [0.25, 0.3) is 0 Å². The Hall–Kier alpha value is -1.30. The Morgan fingerprint density at radius 2 is 2.00 bits per heavy atom. The standard InChI is InChI=1S/C14H20N2O3/c15-11-3-5-16(6-4-11)8-12(17)10-1-2-13-14(7-10)19-9-18-13/h1-2,7,11-12,17H,3-6,8-9,15H2. The summed E-state index contributed by atoms with van der Waals surface area (Å²) in [6, 6.07) is 5.93. The molecule has 1 fully saturated rings. The third-order valence-corrected chi connectivity index (χ3v) is 3.84. The molecule has 0 saturated carbocycles. The van der Waals surface area contributed by atoms with Crippen molar-refractivity contribution < 1.29 is 14.6 Å². The van der Waals surface area contributed by atoms with E-state index < -0.39 is 6.10 Å². The zero-order chi connectivity index (χ0) is 13.2. The zero-order valence-electron chi connectivity index (χ0n) is 10.9. The molecule has 5 heteroatoms. The van der Waals surface area contributed by atoms with Crippen LogP contribution in [-0.4, -0.2) is 42.5 Å². The Morgan fingerprint density at radius 1 is 1.26 bits per heavy atom. The lowest BCUT2D eigenvalue weighted by atomic mass is 10.0. The van der Waals surface area contributed by atoms with Crippen LogP contribution in [0.3, 0.4) is 0 Å². The van der Waals surface area contributed by atoms with Gasteiger partial charge in [-0.15, -0.1) is 0 Å². The Kier molecular flexibility index (Phi) is 3.59. The summed E-state index contributed by atoms with van der Waals surface area (Å²) in [5, 5.41) is 10.3. The molecule has 0 bridgehead atoms. The molecular weight excluding hydrogens is 244 g/mol. The van der Waals surface area contributed by atoms with Crippen molar-refractivity contribution in [2.45, 2.75) is 25.0 Å². The van der Waals surface area contributed by atoms with Gasteiger partial charge in [-0.05, 0) is 43.6 Å². The van der Waals surface area contributed by atoms with E-state index in [9.17, 15) is 5.11 Å². The van der Waals surface area contributed by atoms with Crippen molar-refractivity contribution in [1.82, 2.24) is 4.90 Å². The zero-order valence-corrected chi connectivity index (χ0v) is 10.9. The normalized spacial score (nSPS) is 21.6. The average molecular weight is 264 g/mol. The molecule has 2 aliphatic rings. The van der Waals surface area contributed by atoms with E-state index in [1.54, 1.807) is 0 Å². The van der Waals surface area contributed by atoms with Crippen molar-refractivity contribution in [2.24, 2.45) is 5.73 Å². The molecule has 1 unspecified atom stereocenters. The average Bonchev–Trinajstić information content (AvgIpc) is 2.88. The third kappa shape index (κ3) is 2.83. The van der Waals surface area contributed by atoms with Gasteiger partial charge in [0.1, 0.15) is 0 Å². The van der Waals surface area contributed by atoms with E-state index in [4.69, 9.17) is 15.2 Å². The molecule has 0 aliphatic carbocycles. The monoisotopic (exact) mass is 264 g/mol. The minimum absolute atomic E-state index is 0.263. The summed E-state index contributed by atoms with van der Waals surface area (Å²) in [5.41, 5.74) is 6.75. The second-order valence-electron chi connectivity index (χ2n) is 5.27. The van der Waals surface area contributed by atoms with Crippen LogP contribution in [0.5, 0.6) is 11.5 Å². The maximum atomic E-state index is 10.3. The van der Waals surface area contributed by atoms with Crippen LogP contribution < -0.4 is 15.2 Å². The highest BCUT2D eigenvalue weighted by Gasteiger charge is 2.21. The topological polar surface area (TPSA) is 68.0 Å². The molecule has 2 heterocycles. The molecule has 3 rings (SSSR count). The molecule has 0 radical (unpaired) electrons. The Balaban J connectivity index is 1.62. The first kappa shape index (κ1) is 12.7. The summed E-state index contributed by atoms with van der Waals surface area (Å²) in [6.45, 7) is 2.83. The smallest absolute Gasteiger partial charge is 0.231 e. The van der Waals surface area contributed by atoms with E-state index in [1.807, 2.05) is 18.2 Å². The molecule has 0 spiro atoms. The minimum atomic E-state index is -0.496. The van der Waals surface area contributed by atoms with Crippen LogP contribution in [0.2, 0.25) is 0 Å². The molecule has 0 amide bonds. The highest BCUT2D eigenvalue weighted by molar-refractivity contribution is 5.45. The van der Waals surface area contributed by atoms with Crippen LogP contribution >= 0.6 is 0 Å². The van der Waals surface area contributed by atoms with Gasteiger partial charge < -0.3 is 25.2 Å². The lowest BCUT2D eigenvalue weighted by Gasteiger charge is -2.31. The number of aliphatic hydroxyl groups excluding tert-OH is 1. The molecule has 1 aromatic rings. The van der Waals surface area contributed by atoms with Crippen molar-refractivity contribution in [2.75, 3.05) is 26.4 Å². The number of hydrogen-bond donors (Lipinski definition) is 2. The Labute approximate surface area is 112 Å². The second-order valence-corrected chi connectivity index (χ2v) is 5.27. The third-order valence-electron chi connectivity index (χ3n) is 3.84. The van der Waals surface area contributed by atoms with Crippen LogP contribution in [0.4, 0.5) is 0 Å². The first-order valence-corrected chi connectivity index (χ1v) is 6.78. The quantitative estimate of drug-likeness (QED) is 0.848. The molecular formula is C14H20N2O3. The van der Waals surface area contributed by atoms with Gasteiger partial charge in [-0.2, -0.15) is 0 Å². The number of ether oxygens (including phenoxy) is 2. The number of nitrogens with two attached hydrogens (primary N) is 1. The Morgan fingerprint density at radius 3 is 2.79 bits per heavy atom. The summed E-state index contributed by atoms with van der Waals surface area (Å²) < 4.78 is 10.6. The number of hydrogen-bond acceptors (Lipinski definition) is 5. The molecule has 1 aromatic carbocycles. The largest absolute Gasteiger partial charge is 0.454 e. The molecule has 104 valence electrons. The van der Waals surface area contributed by atoms with Gasteiger partial charge in [0.05, 0.1) is 6.10 Å². The van der Waals surface area contributed by atoms with Crippen LogP contribution in [0.25, 0.3) is 0 Å². The van der Waals surface area contributed by atoms with Crippen molar-refractivity contribution in [3.63, 3.8) is 0 Å². The van der Waals surface area contributed by atoms with Gasteiger partial charge in [-0.3, -0.25) is 0 Å². The van der Waals surface area contributed by atoms with Gasteiger partial charge in [-0.1, -0.05) is 6.07 Å². The Bertz CT molecular complexity index is 444. The molecule has 1 atom stereocenters. The predicted molar refractivity (Wildman–Crippen MR) is 71.2 cm³/mol. The first-order chi connectivity index (χ1) is 9.22. The maximum absolute atomic E-state index is 10.3. The fourth-order valence-corrected chi connectivity index (χ4v) is 2.61. The summed E-state index contributed by atoms with van der Waals surface area (Å²) in [6.07, 6.45) is 1.52. The van der Waals surface area contributed by atoms with Gasteiger partial charge in [0, 0.05) is 12.6 Å². The molecule has 0 aromatic heterocycles. The van der Waals surface area contributed by atoms with E-state index in [1.165, 1.54) is 0 Å². The first-order valence-electron chi connectivity index (χ1n) is 6.78. The van der Waals surface area contributed by atoms with Gasteiger partial charge in [-0.25, -0.2) is 0 Å². The van der Waals surface area contributed by atoms with Gasteiger partial charge in [0.15, 0.2) is 11.5 Å². The molecule has 5 nitrogen and oxygen atoms in total. The van der Waals surface area contributed by atoms with Crippen molar-refractivity contribution >= 4 is 0 Å². The van der Waals surface area contributed by atoms with E-state index in [0.717, 1.165) is 43.0 Å². The van der Waals surface area contributed by atoms with Gasteiger partial charge >= 0.3 is 0 Å². The number of β-amino-alcohol motifs (C(OH)–C–C–N with tert-alkyl or cyclic N) is 1. The molecule has 1 saturated heterocycles. The predicted octanol–water partition coefficient (Wildman–Crippen LogP) is 0.872. The van der Waals surface area contributed by atoms with Crippen LogP contribution in [-0.2, 0) is 0 Å². The summed E-state index contributed by atoms with van der Waals surface area (Å²) in [4.78, 5) is 2.26. The molecule has 19 heavy (non-hydrogen) atoms. The number of likely N-dealkylation sites (tertiary alicyclic amines) is 1.